The highest BCUT2D eigenvalue weighted by Gasteiger charge is 2.19. The van der Waals surface area contributed by atoms with Crippen molar-refractivity contribution < 1.29 is 14.3 Å². The highest BCUT2D eigenvalue weighted by Crippen LogP contribution is 2.16. The molecule has 0 amide bonds. The van der Waals surface area contributed by atoms with Gasteiger partial charge in [0.05, 0.1) is 25.0 Å². The van der Waals surface area contributed by atoms with Crippen LogP contribution in [0.3, 0.4) is 0 Å². The first kappa shape index (κ1) is 14.8. The van der Waals surface area contributed by atoms with Crippen molar-refractivity contribution in [3.63, 3.8) is 0 Å². The van der Waals surface area contributed by atoms with Gasteiger partial charge in [-0.15, -0.1) is 0 Å². The number of para-hydroxylation sites is 1. The molecule has 110 valence electrons. The number of hydrogen-bond donors (Lipinski definition) is 0. The lowest BCUT2D eigenvalue weighted by Crippen LogP contribution is -2.25. The largest absolute Gasteiger partial charge is 0.491 e. The third-order valence-corrected chi connectivity index (χ3v) is 2.67. The number of nitrogens with zero attached hydrogens (tertiary/aromatic N) is 2. The Kier molecular flexibility index (Phi) is 4.71. The minimum atomic E-state index is -0.620. The fourth-order valence-electron chi connectivity index (χ4n) is 1.80. The van der Waals surface area contributed by atoms with Crippen LogP contribution in [0.25, 0.3) is 5.69 Å². The molecule has 0 spiro atoms. The van der Waals surface area contributed by atoms with Crippen LogP contribution in [-0.4, -0.2) is 29.0 Å². The Morgan fingerprint density at radius 1 is 1.19 bits per heavy atom. The first-order valence-corrected chi connectivity index (χ1v) is 6.67. The molecule has 2 aromatic rings. The Bertz CT molecular complexity index is 680. The number of esters is 1. The summed E-state index contributed by atoms with van der Waals surface area (Å²) in [6, 6.07) is 10.1. The summed E-state index contributed by atoms with van der Waals surface area (Å²) in [6.07, 6.45) is 0. The Balaban J connectivity index is 2.56. The topological polar surface area (TPSA) is 70.4 Å². The fourth-order valence-corrected chi connectivity index (χ4v) is 1.80. The van der Waals surface area contributed by atoms with Crippen molar-refractivity contribution in [3.05, 3.63) is 52.4 Å². The molecular weight excluding hydrogens is 272 g/mol. The van der Waals surface area contributed by atoms with Crippen LogP contribution in [0.15, 0.2) is 41.2 Å². The Labute approximate surface area is 121 Å². The first-order chi connectivity index (χ1) is 10.2. The molecule has 1 aromatic carbocycles. The summed E-state index contributed by atoms with van der Waals surface area (Å²) in [5.41, 5.74) is 0.177. The minimum absolute atomic E-state index is 0.0119. The van der Waals surface area contributed by atoms with E-state index in [4.69, 9.17) is 9.47 Å². The first-order valence-electron chi connectivity index (χ1n) is 6.67. The van der Waals surface area contributed by atoms with Crippen molar-refractivity contribution in [1.82, 2.24) is 9.78 Å². The molecule has 21 heavy (non-hydrogen) atoms. The predicted molar refractivity (Wildman–Crippen MR) is 77.0 cm³/mol. The summed E-state index contributed by atoms with van der Waals surface area (Å²) in [4.78, 5) is 24.1. The number of ether oxygens (including phenoxy) is 2. The molecule has 0 radical (unpaired) electrons. The predicted octanol–water partition coefficient (Wildman–Crippen LogP) is 1.81. The van der Waals surface area contributed by atoms with Gasteiger partial charge in [-0.25, -0.2) is 4.79 Å². The molecule has 0 saturated carbocycles. The number of carbonyl (C=O) groups excluding carboxylic acids is 1. The quantitative estimate of drug-likeness (QED) is 0.785. The highest BCUT2D eigenvalue weighted by atomic mass is 16.5. The van der Waals surface area contributed by atoms with Crippen molar-refractivity contribution in [1.29, 1.82) is 0 Å². The van der Waals surface area contributed by atoms with Crippen LogP contribution in [-0.2, 0) is 4.74 Å². The van der Waals surface area contributed by atoms with Gasteiger partial charge in [0.1, 0.15) is 0 Å². The van der Waals surface area contributed by atoms with Gasteiger partial charge in [-0.05, 0) is 26.0 Å². The monoisotopic (exact) mass is 288 g/mol. The normalized spacial score (nSPS) is 10.2. The van der Waals surface area contributed by atoms with E-state index in [2.05, 4.69) is 5.10 Å². The maximum absolute atomic E-state index is 12.1. The molecule has 0 atom stereocenters. The summed E-state index contributed by atoms with van der Waals surface area (Å²) < 4.78 is 11.4. The van der Waals surface area contributed by atoms with E-state index in [0.29, 0.717) is 12.3 Å². The maximum Gasteiger partial charge on any atom is 0.362 e. The highest BCUT2D eigenvalue weighted by molar-refractivity contribution is 5.90. The summed E-state index contributed by atoms with van der Waals surface area (Å²) in [6.45, 7) is 4.00. The van der Waals surface area contributed by atoms with Gasteiger partial charge in [0.25, 0.3) is 5.56 Å². The number of aromatic nitrogens is 2. The van der Waals surface area contributed by atoms with Crippen LogP contribution in [0.1, 0.15) is 24.3 Å². The van der Waals surface area contributed by atoms with Gasteiger partial charge in [0, 0.05) is 0 Å². The molecular formula is C15H16N2O4. The van der Waals surface area contributed by atoms with Crippen molar-refractivity contribution >= 4 is 5.97 Å². The smallest absolute Gasteiger partial charge is 0.362 e. The van der Waals surface area contributed by atoms with Gasteiger partial charge in [-0.2, -0.15) is 9.78 Å². The van der Waals surface area contributed by atoms with Crippen molar-refractivity contribution in [3.8, 4) is 11.4 Å². The third kappa shape index (κ3) is 3.28. The number of carbonyl (C=O) groups is 1. The molecule has 1 heterocycles. The molecule has 1 aromatic heterocycles. The third-order valence-electron chi connectivity index (χ3n) is 2.67. The van der Waals surface area contributed by atoms with Crippen LogP contribution in [0.2, 0.25) is 0 Å². The van der Waals surface area contributed by atoms with E-state index in [1.165, 1.54) is 6.07 Å². The molecule has 2 rings (SSSR count). The van der Waals surface area contributed by atoms with Gasteiger partial charge < -0.3 is 9.47 Å². The standard InChI is InChI=1S/C15H16N2O4/c1-3-20-12-10-13(18)17(11-8-6-5-7-9-11)16-14(12)15(19)21-4-2/h5-10H,3-4H2,1-2H3. The molecule has 6 nitrogen and oxygen atoms in total. The summed E-state index contributed by atoms with van der Waals surface area (Å²) in [5.74, 6) is -0.487. The van der Waals surface area contributed by atoms with Gasteiger partial charge in [-0.1, -0.05) is 18.2 Å². The zero-order chi connectivity index (χ0) is 15.2. The molecule has 0 bridgehead atoms. The van der Waals surface area contributed by atoms with E-state index >= 15 is 0 Å². The van der Waals surface area contributed by atoms with Gasteiger partial charge in [0.2, 0.25) is 5.69 Å². The molecule has 6 heteroatoms. The second-order valence-corrected chi connectivity index (χ2v) is 4.10. The number of hydrogen-bond acceptors (Lipinski definition) is 5. The second kappa shape index (κ2) is 6.69. The molecule has 0 N–H and O–H groups in total. The van der Waals surface area contributed by atoms with Gasteiger partial charge in [-0.3, -0.25) is 4.79 Å². The van der Waals surface area contributed by atoms with Crippen LogP contribution in [0.4, 0.5) is 0 Å². The number of rotatable bonds is 5. The Hall–Kier alpha value is -2.63. The van der Waals surface area contributed by atoms with E-state index in [9.17, 15) is 9.59 Å². The zero-order valence-corrected chi connectivity index (χ0v) is 11.9. The van der Waals surface area contributed by atoms with E-state index in [-0.39, 0.29) is 23.6 Å². The van der Waals surface area contributed by atoms with Crippen LogP contribution < -0.4 is 10.3 Å². The summed E-state index contributed by atoms with van der Waals surface area (Å²) in [5, 5.41) is 4.08. The lowest BCUT2D eigenvalue weighted by molar-refractivity contribution is 0.0512. The molecule has 0 aliphatic carbocycles. The molecule has 0 unspecified atom stereocenters. The summed E-state index contributed by atoms with van der Waals surface area (Å²) >= 11 is 0. The van der Waals surface area contributed by atoms with E-state index in [1.54, 1.807) is 38.1 Å². The van der Waals surface area contributed by atoms with Gasteiger partial charge in [0.15, 0.2) is 5.75 Å². The van der Waals surface area contributed by atoms with Crippen LogP contribution in [0.5, 0.6) is 5.75 Å². The van der Waals surface area contributed by atoms with E-state index < -0.39 is 5.97 Å². The average Bonchev–Trinajstić information content (AvgIpc) is 2.49. The Morgan fingerprint density at radius 3 is 2.52 bits per heavy atom. The average molecular weight is 288 g/mol. The van der Waals surface area contributed by atoms with E-state index in [1.807, 2.05) is 6.07 Å². The van der Waals surface area contributed by atoms with E-state index in [0.717, 1.165) is 4.68 Å². The van der Waals surface area contributed by atoms with Crippen molar-refractivity contribution in [2.24, 2.45) is 0 Å². The minimum Gasteiger partial charge on any atom is -0.491 e. The lowest BCUT2D eigenvalue weighted by Gasteiger charge is -2.11. The number of benzene rings is 1. The Morgan fingerprint density at radius 2 is 1.90 bits per heavy atom. The summed E-state index contributed by atoms with van der Waals surface area (Å²) in [7, 11) is 0. The second-order valence-electron chi connectivity index (χ2n) is 4.10. The van der Waals surface area contributed by atoms with Crippen LogP contribution in [0, 0.1) is 0 Å². The molecule has 0 saturated heterocycles. The zero-order valence-electron chi connectivity index (χ0n) is 11.9. The maximum atomic E-state index is 12.1. The molecule has 0 aliphatic heterocycles. The van der Waals surface area contributed by atoms with Gasteiger partial charge >= 0.3 is 5.97 Å². The van der Waals surface area contributed by atoms with Crippen molar-refractivity contribution in [2.75, 3.05) is 13.2 Å². The SMILES string of the molecule is CCOC(=O)c1nn(-c2ccccc2)c(=O)cc1OCC. The lowest BCUT2D eigenvalue weighted by atomic mass is 10.3. The van der Waals surface area contributed by atoms with Crippen molar-refractivity contribution in [2.45, 2.75) is 13.8 Å². The molecule has 0 fully saturated rings. The molecule has 0 aliphatic rings. The van der Waals surface area contributed by atoms with Crippen LogP contribution >= 0.6 is 0 Å². The fraction of sp³-hybridized carbons (Fsp3) is 0.267.